The van der Waals surface area contributed by atoms with E-state index in [0.717, 1.165) is 22.0 Å². The summed E-state index contributed by atoms with van der Waals surface area (Å²) in [7, 11) is 0. The van der Waals surface area contributed by atoms with Gasteiger partial charge in [0.05, 0.1) is 5.52 Å². The molecule has 19 heavy (non-hydrogen) atoms. The molecule has 3 aromatic rings. The number of halogens is 1. The van der Waals surface area contributed by atoms with Gasteiger partial charge in [-0.05, 0) is 29.8 Å². The van der Waals surface area contributed by atoms with Crippen LogP contribution >= 0.6 is 0 Å². The second kappa shape index (κ2) is 4.78. The summed E-state index contributed by atoms with van der Waals surface area (Å²) in [5.74, 6) is -0.255. The topological polar surface area (TPSA) is 38.9 Å². The zero-order chi connectivity index (χ0) is 13.2. The molecule has 0 saturated heterocycles. The standard InChI is InChI=1S/C16H13FN2/c17-15-6-5-11(9-18)7-14(15)13-8-12-3-1-2-4-16(12)19-10-13/h1-8,10H,9,18H2. The molecule has 3 rings (SSSR count). The van der Waals surface area contributed by atoms with Crippen molar-refractivity contribution in [3.63, 3.8) is 0 Å². The van der Waals surface area contributed by atoms with E-state index >= 15 is 0 Å². The van der Waals surface area contributed by atoms with Gasteiger partial charge in [0.25, 0.3) is 0 Å². The summed E-state index contributed by atoms with van der Waals surface area (Å²) in [6.45, 7) is 0.397. The predicted octanol–water partition coefficient (Wildman–Crippen LogP) is 3.50. The summed E-state index contributed by atoms with van der Waals surface area (Å²) in [6.07, 6.45) is 1.70. The summed E-state index contributed by atoms with van der Waals surface area (Å²) in [5, 5.41) is 0.998. The number of pyridine rings is 1. The van der Waals surface area contributed by atoms with E-state index in [1.54, 1.807) is 18.3 Å². The van der Waals surface area contributed by atoms with Crippen molar-refractivity contribution in [2.75, 3.05) is 0 Å². The lowest BCUT2D eigenvalue weighted by Crippen LogP contribution is -1.97. The molecule has 0 fully saturated rings. The molecule has 3 heteroatoms. The Morgan fingerprint density at radius 3 is 2.74 bits per heavy atom. The lowest BCUT2D eigenvalue weighted by Gasteiger charge is -2.07. The molecule has 0 radical (unpaired) electrons. The molecule has 0 amide bonds. The van der Waals surface area contributed by atoms with E-state index in [1.165, 1.54) is 6.07 Å². The van der Waals surface area contributed by atoms with Crippen LogP contribution in [0.3, 0.4) is 0 Å². The molecule has 0 atom stereocenters. The van der Waals surface area contributed by atoms with Crippen molar-refractivity contribution in [1.82, 2.24) is 4.98 Å². The molecule has 1 aromatic heterocycles. The van der Waals surface area contributed by atoms with E-state index in [0.29, 0.717) is 12.1 Å². The number of para-hydroxylation sites is 1. The molecule has 2 nitrogen and oxygen atoms in total. The summed E-state index contributed by atoms with van der Waals surface area (Å²) in [6, 6.07) is 14.7. The third-order valence-corrected chi connectivity index (χ3v) is 3.17. The minimum absolute atomic E-state index is 0.255. The van der Waals surface area contributed by atoms with Crippen LogP contribution in [0.4, 0.5) is 4.39 Å². The fourth-order valence-electron chi connectivity index (χ4n) is 2.14. The van der Waals surface area contributed by atoms with E-state index in [2.05, 4.69) is 4.98 Å². The Balaban J connectivity index is 2.18. The van der Waals surface area contributed by atoms with Gasteiger partial charge in [0.15, 0.2) is 0 Å². The first-order chi connectivity index (χ1) is 9.28. The van der Waals surface area contributed by atoms with Crippen molar-refractivity contribution in [1.29, 1.82) is 0 Å². The Kier molecular flexibility index (Phi) is 2.97. The summed E-state index contributed by atoms with van der Waals surface area (Å²) < 4.78 is 13.9. The molecular formula is C16H13FN2. The third-order valence-electron chi connectivity index (χ3n) is 3.17. The lowest BCUT2D eigenvalue weighted by molar-refractivity contribution is 0.630. The van der Waals surface area contributed by atoms with Gasteiger partial charge >= 0.3 is 0 Å². The fraction of sp³-hybridized carbons (Fsp3) is 0.0625. The monoisotopic (exact) mass is 252 g/mol. The smallest absolute Gasteiger partial charge is 0.131 e. The van der Waals surface area contributed by atoms with Crippen LogP contribution in [0.1, 0.15) is 5.56 Å². The van der Waals surface area contributed by atoms with Crippen molar-refractivity contribution in [3.8, 4) is 11.1 Å². The minimum Gasteiger partial charge on any atom is -0.326 e. The first-order valence-corrected chi connectivity index (χ1v) is 6.11. The molecule has 1 heterocycles. The normalized spacial score (nSPS) is 10.8. The van der Waals surface area contributed by atoms with Gasteiger partial charge in [0, 0.05) is 29.3 Å². The Labute approximate surface area is 110 Å². The first-order valence-electron chi connectivity index (χ1n) is 6.11. The van der Waals surface area contributed by atoms with Crippen LogP contribution in [0.2, 0.25) is 0 Å². The van der Waals surface area contributed by atoms with Gasteiger partial charge < -0.3 is 5.73 Å². The molecular weight excluding hydrogens is 239 g/mol. The molecule has 0 aliphatic carbocycles. The Morgan fingerprint density at radius 2 is 1.89 bits per heavy atom. The van der Waals surface area contributed by atoms with Crippen molar-refractivity contribution in [2.45, 2.75) is 6.54 Å². The molecule has 2 aromatic carbocycles. The maximum absolute atomic E-state index is 13.9. The Morgan fingerprint density at radius 1 is 1.05 bits per heavy atom. The van der Waals surface area contributed by atoms with E-state index < -0.39 is 0 Å². The predicted molar refractivity (Wildman–Crippen MR) is 75.0 cm³/mol. The van der Waals surface area contributed by atoms with Gasteiger partial charge in [-0.1, -0.05) is 24.3 Å². The quantitative estimate of drug-likeness (QED) is 0.758. The van der Waals surface area contributed by atoms with Crippen LogP contribution in [0.25, 0.3) is 22.0 Å². The summed E-state index contributed by atoms with van der Waals surface area (Å²) in [4.78, 5) is 4.36. The van der Waals surface area contributed by atoms with Crippen LogP contribution < -0.4 is 5.73 Å². The van der Waals surface area contributed by atoms with Crippen molar-refractivity contribution < 1.29 is 4.39 Å². The summed E-state index contributed by atoms with van der Waals surface area (Å²) >= 11 is 0. The van der Waals surface area contributed by atoms with Gasteiger partial charge in [-0.2, -0.15) is 0 Å². The Bertz CT molecular complexity index is 738. The number of hydrogen-bond donors (Lipinski definition) is 1. The average Bonchev–Trinajstić information content (AvgIpc) is 2.47. The second-order valence-corrected chi connectivity index (χ2v) is 4.44. The van der Waals surface area contributed by atoms with Crippen LogP contribution in [0.15, 0.2) is 54.7 Å². The highest BCUT2D eigenvalue weighted by atomic mass is 19.1. The van der Waals surface area contributed by atoms with E-state index in [9.17, 15) is 4.39 Å². The zero-order valence-corrected chi connectivity index (χ0v) is 10.3. The van der Waals surface area contributed by atoms with E-state index in [4.69, 9.17) is 5.73 Å². The van der Waals surface area contributed by atoms with Crippen LogP contribution in [-0.2, 0) is 6.54 Å². The van der Waals surface area contributed by atoms with E-state index in [-0.39, 0.29) is 5.82 Å². The molecule has 0 unspecified atom stereocenters. The van der Waals surface area contributed by atoms with Crippen molar-refractivity contribution in [2.24, 2.45) is 5.73 Å². The molecule has 0 aliphatic rings. The number of nitrogens with zero attached hydrogens (tertiary/aromatic N) is 1. The number of fused-ring (bicyclic) bond motifs is 1. The maximum Gasteiger partial charge on any atom is 0.131 e. The molecule has 0 bridgehead atoms. The maximum atomic E-state index is 13.9. The highest BCUT2D eigenvalue weighted by Crippen LogP contribution is 2.26. The van der Waals surface area contributed by atoms with Gasteiger partial charge in [-0.3, -0.25) is 4.98 Å². The third kappa shape index (κ3) is 2.20. The van der Waals surface area contributed by atoms with Gasteiger partial charge in [-0.15, -0.1) is 0 Å². The molecule has 0 aliphatic heterocycles. The number of nitrogens with two attached hydrogens (primary N) is 1. The van der Waals surface area contributed by atoms with E-state index in [1.807, 2.05) is 30.3 Å². The average molecular weight is 252 g/mol. The zero-order valence-electron chi connectivity index (χ0n) is 10.3. The van der Waals surface area contributed by atoms with Gasteiger partial charge in [0.1, 0.15) is 5.82 Å². The van der Waals surface area contributed by atoms with Gasteiger partial charge in [-0.25, -0.2) is 4.39 Å². The summed E-state index contributed by atoms with van der Waals surface area (Å²) in [5.41, 5.74) is 8.72. The molecule has 0 spiro atoms. The molecule has 94 valence electrons. The molecule has 0 saturated carbocycles. The van der Waals surface area contributed by atoms with Crippen LogP contribution in [0, 0.1) is 5.82 Å². The minimum atomic E-state index is -0.255. The van der Waals surface area contributed by atoms with Crippen molar-refractivity contribution >= 4 is 10.9 Å². The lowest BCUT2D eigenvalue weighted by atomic mass is 10.0. The van der Waals surface area contributed by atoms with Crippen LogP contribution in [-0.4, -0.2) is 4.98 Å². The largest absolute Gasteiger partial charge is 0.326 e. The second-order valence-electron chi connectivity index (χ2n) is 4.44. The number of hydrogen-bond acceptors (Lipinski definition) is 2. The first kappa shape index (κ1) is 11.8. The highest BCUT2D eigenvalue weighted by molar-refractivity contribution is 5.83. The van der Waals surface area contributed by atoms with Crippen LogP contribution in [0.5, 0.6) is 0 Å². The Hall–Kier alpha value is -2.26. The van der Waals surface area contributed by atoms with Crippen molar-refractivity contribution in [3.05, 3.63) is 66.1 Å². The highest BCUT2D eigenvalue weighted by Gasteiger charge is 2.07. The number of rotatable bonds is 2. The fourth-order valence-corrected chi connectivity index (χ4v) is 2.14. The molecule has 2 N–H and O–H groups in total. The van der Waals surface area contributed by atoms with Gasteiger partial charge in [0.2, 0.25) is 0 Å². The number of benzene rings is 2. The SMILES string of the molecule is NCc1ccc(F)c(-c2cnc3ccccc3c2)c1. The number of aromatic nitrogens is 1.